The van der Waals surface area contributed by atoms with Crippen LogP contribution < -0.4 is 5.73 Å². The molecule has 1 aromatic carbocycles. The SMILES string of the molecule is CCC1CCCCN1S(=O)(=O)c1cc(N)c(C)c(Cl)c1. The number of benzene rings is 1. The summed E-state index contributed by atoms with van der Waals surface area (Å²) in [5.41, 5.74) is 6.98. The third-order valence-electron chi connectivity index (χ3n) is 4.01. The minimum absolute atomic E-state index is 0.0788. The van der Waals surface area contributed by atoms with Gasteiger partial charge >= 0.3 is 0 Å². The molecule has 1 unspecified atom stereocenters. The van der Waals surface area contributed by atoms with Crippen molar-refractivity contribution in [2.24, 2.45) is 0 Å². The lowest BCUT2D eigenvalue weighted by atomic mass is 10.0. The first-order chi connectivity index (χ1) is 9.37. The minimum Gasteiger partial charge on any atom is -0.398 e. The van der Waals surface area contributed by atoms with Crippen LogP contribution in [-0.4, -0.2) is 25.3 Å². The first-order valence-electron chi connectivity index (χ1n) is 6.95. The van der Waals surface area contributed by atoms with Crippen molar-refractivity contribution in [1.82, 2.24) is 4.31 Å². The molecule has 2 rings (SSSR count). The molecule has 0 radical (unpaired) electrons. The molecule has 1 aliphatic heterocycles. The molecule has 0 saturated carbocycles. The highest BCUT2D eigenvalue weighted by molar-refractivity contribution is 7.89. The van der Waals surface area contributed by atoms with E-state index in [-0.39, 0.29) is 10.9 Å². The predicted octanol–water partition coefficient (Wildman–Crippen LogP) is 3.18. The fraction of sp³-hybridized carbons (Fsp3) is 0.571. The number of rotatable bonds is 3. The molecule has 0 aromatic heterocycles. The lowest BCUT2D eigenvalue weighted by Gasteiger charge is -2.34. The predicted molar refractivity (Wildman–Crippen MR) is 82.4 cm³/mol. The first-order valence-corrected chi connectivity index (χ1v) is 8.77. The van der Waals surface area contributed by atoms with Crippen LogP contribution in [0.5, 0.6) is 0 Å². The summed E-state index contributed by atoms with van der Waals surface area (Å²) in [6, 6.07) is 3.09. The molecule has 1 fully saturated rings. The van der Waals surface area contributed by atoms with Crippen LogP contribution in [-0.2, 0) is 10.0 Å². The van der Waals surface area contributed by atoms with Gasteiger partial charge in [-0.15, -0.1) is 0 Å². The maximum absolute atomic E-state index is 12.8. The summed E-state index contributed by atoms with van der Waals surface area (Å²) in [6.45, 7) is 4.38. The van der Waals surface area contributed by atoms with Crippen LogP contribution in [0.4, 0.5) is 5.69 Å². The second-order valence-corrected chi connectivity index (χ2v) is 7.59. The lowest BCUT2D eigenvalue weighted by Crippen LogP contribution is -2.43. The summed E-state index contributed by atoms with van der Waals surface area (Å²) < 4.78 is 27.2. The highest BCUT2D eigenvalue weighted by Gasteiger charge is 2.32. The van der Waals surface area contributed by atoms with Gasteiger partial charge in [0.1, 0.15) is 0 Å². The van der Waals surface area contributed by atoms with Crippen LogP contribution in [0.15, 0.2) is 17.0 Å². The van der Waals surface area contributed by atoms with Crippen molar-refractivity contribution in [3.63, 3.8) is 0 Å². The molecule has 1 aliphatic rings. The van der Waals surface area contributed by atoms with E-state index in [9.17, 15) is 8.42 Å². The van der Waals surface area contributed by atoms with E-state index in [1.54, 1.807) is 11.2 Å². The van der Waals surface area contributed by atoms with E-state index in [2.05, 4.69) is 0 Å². The van der Waals surface area contributed by atoms with Crippen molar-refractivity contribution in [3.05, 3.63) is 22.7 Å². The molecule has 1 saturated heterocycles. The Hall–Kier alpha value is -0.780. The van der Waals surface area contributed by atoms with Crippen LogP contribution >= 0.6 is 11.6 Å². The van der Waals surface area contributed by atoms with Gasteiger partial charge in [0.05, 0.1) is 4.90 Å². The highest BCUT2D eigenvalue weighted by atomic mass is 35.5. The van der Waals surface area contributed by atoms with Crippen LogP contribution in [0, 0.1) is 6.92 Å². The summed E-state index contributed by atoms with van der Waals surface area (Å²) in [6.07, 6.45) is 3.74. The van der Waals surface area contributed by atoms with Gasteiger partial charge in [0, 0.05) is 23.3 Å². The minimum atomic E-state index is -3.52. The van der Waals surface area contributed by atoms with Gasteiger partial charge in [-0.3, -0.25) is 0 Å². The molecular weight excluding hydrogens is 296 g/mol. The zero-order chi connectivity index (χ0) is 14.9. The van der Waals surface area contributed by atoms with Gasteiger partial charge in [-0.25, -0.2) is 8.42 Å². The quantitative estimate of drug-likeness (QED) is 0.871. The van der Waals surface area contributed by atoms with Crippen molar-refractivity contribution in [3.8, 4) is 0 Å². The molecule has 1 heterocycles. The fourth-order valence-corrected chi connectivity index (χ4v) is 4.78. The van der Waals surface area contributed by atoms with Gasteiger partial charge in [-0.05, 0) is 43.9 Å². The number of nitrogens with two attached hydrogens (primary N) is 1. The monoisotopic (exact) mass is 316 g/mol. The smallest absolute Gasteiger partial charge is 0.243 e. The number of nitrogens with zero attached hydrogens (tertiary/aromatic N) is 1. The zero-order valence-corrected chi connectivity index (χ0v) is 13.5. The number of piperidine rings is 1. The number of hydrogen-bond donors (Lipinski definition) is 1. The van der Waals surface area contributed by atoms with Crippen molar-refractivity contribution in [2.75, 3.05) is 12.3 Å². The Bertz CT molecular complexity index is 578. The van der Waals surface area contributed by atoms with Gasteiger partial charge in [-0.2, -0.15) is 4.31 Å². The fourth-order valence-electron chi connectivity index (χ4n) is 2.66. The average Bonchev–Trinajstić information content (AvgIpc) is 2.44. The third kappa shape index (κ3) is 2.80. The van der Waals surface area contributed by atoms with Crippen LogP contribution in [0.25, 0.3) is 0 Å². The molecule has 0 amide bonds. The largest absolute Gasteiger partial charge is 0.398 e. The summed E-state index contributed by atoms with van der Waals surface area (Å²) in [5, 5.41) is 0.397. The van der Waals surface area contributed by atoms with E-state index < -0.39 is 10.0 Å². The van der Waals surface area contributed by atoms with Crippen molar-refractivity contribution >= 4 is 27.3 Å². The number of anilines is 1. The Balaban J connectivity index is 2.44. The molecular formula is C14H21ClN2O2S. The summed E-state index contributed by atoms with van der Waals surface area (Å²) >= 11 is 6.07. The van der Waals surface area contributed by atoms with Gasteiger partial charge in [0.25, 0.3) is 0 Å². The maximum atomic E-state index is 12.8. The van der Waals surface area contributed by atoms with E-state index in [1.807, 2.05) is 6.92 Å². The summed E-state index contributed by atoms with van der Waals surface area (Å²) in [4.78, 5) is 0.200. The standard InChI is InChI=1S/C14H21ClN2O2S/c1-3-11-6-4-5-7-17(11)20(18,19)12-8-13(15)10(2)14(16)9-12/h8-9,11H,3-7,16H2,1-2H3. The van der Waals surface area contributed by atoms with E-state index in [0.29, 0.717) is 17.3 Å². The molecule has 2 N–H and O–H groups in total. The second-order valence-electron chi connectivity index (χ2n) is 5.29. The number of hydrogen-bond acceptors (Lipinski definition) is 3. The summed E-state index contributed by atoms with van der Waals surface area (Å²) in [5.74, 6) is 0. The van der Waals surface area contributed by atoms with E-state index >= 15 is 0 Å². The number of halogens is 1. The Labute approximate surface area is 126 Å². The lowest BCUT2D eigenvalue weighted by molar-refractivity contribution is 0.246. The average molecular weight is 317 g/mol. The molecule has 0 bridgehead atoms. The Morgan fingerprint density at radius 2 is 2.10 bits per heavy atom. The normalized spacial score (nSPS) is 21.1. The Morgan fingerprint density at radius 1 is 1.40 bits per heavy atom. The van der Waals surface area contributed by atoms with Crippen molar-refractivity contribution in [1.29, 1.82) is 0 Å². The van der Waals surface area contributed by atoms with Gasteiger partial charge < -0.3 is 5.73 Å². The van der Waals surface area contributed by atoms with E-state index in [0.717, 1.165) is 31.2 Å². The molecule has 0 aliphatic carbocycles. The van der Waals surface area contributed by atoms with E-state index in [4.69, 9.17) is 17.3 Å². The highest BCUT2D eigenvalue weighted by Crippen LogP contribution is 2.31. The molecule has 6 heteroatoms. The van der Waals surface area contributed by atoms with E-state index in [1.165, 1.54) is 12.1 Å². The van der Waals surface area contributed by atoms with Gasteiger partial charge in [-0.1, -0.05) is 24.9 Å². The number of sulfonamides is 1. The van der Waals surface area contributed by atoms with Crippen molar-refractivity contribution in [2.45, 2.75) is 50.5 Å². The van der Waals surface area contributed by atoms with Crippen LogP contribution in [0.3, 0.4) is 0 Å². The molecule has 1 atom stereocenters. The molecule has 0 spiro atoms. The molecule has 112 valence electrons. The third-order valence-corrected chi connectivity index (χ3v) is 6.33. The Kier molecular flexibility index (Phi) is 4.62. The van der Waals surface area contributed by atoms with Crippen LogP contribution in [0.1, 0.15) is 38.2 Å². The van der Waals surface area contributed by atoms with Gasteiger partial charge in [0.2, 0.25) is 10.0 Å². The maximum Gasteiger partial charge on any atom is 0.243 e. The van der Waals surface area contributed by atoms with Gasteiger partial charge in [0.15, 0.2) is 0 Å². The topological polar surface area (TPSA) is 63.4 Å². The van der Waals surface area contributed by atoms with Crippen LogP contribution in [0.2, 0.25) is 5.02 Å². The Morgan fingerprint density at radius 3 is 2.70 bits per heavy atom. The second kappa shape index (κ2) is 5.92. The van der Waals surface area contributed by atoms with Crippen molar-refractivity contribution < 1.29 is 8.42 Å². The number of nitrogen functional groups attached to an aromatic ring is 1. The summed E-state index contributed by atoms with van der Waals surface area (Å²) in [7, 11) is -3.52. The molecule has 4 nitrogen and oxygen atoms in total. The first kappa shape index (κ1) is 15.6. The molecule has 1 aromatic rings. The molecule has 20 heavy (non-hydrogen) atoms. The zero-order valence-electron chi connectivity index (χ0n) is 11.9.